The van der Waals surface area contributed by atoms with Gasteiger partial charge in [-0.25, -0.2) is 9.78 Å². The number of piperidine rings is 1. The van der Waals surface area contributed by atoms with E-state index in [9.17, 15) is 4.79 Å². The Morgan fingerprint density at radius 1 is 1.33 bits per heavy atom. The number of likely N-dealkylation sites (tertiary alicyclic amines) is 1. The third kappa shape index (κ3) is 2.51. The second-order valence-electron chi connectivity index (χ2n) is 6.37. The zero-order chi connectivity index (χ0) is 16.6. The van der Waals surface area contributed by atoms with Crippen molar-refractivity contribution in [2.24, 2.45) is 4.99 Å². The van der Waals surface area contributed by atoms with E-state index in [2.05, 4.69) is 35.4 Å². The topological polar surface area (TPSA) is 57.6 Å². The Labute approximate surface area is 145 Å². The number of carbonyl (C=O) groups excluding carboxylic acids is 1. The second-order valence-corrected chi connectivity index (χ2v) is 7.35. The number of rotatable bonds is 2. The first-order valence-corrected chi connectivity index (χ1v) is 9.13. The fraction of sp³-hybridized carbons (Fsp3) is 0.389. The molecular formula is C18H20N4OS. The maximum Gasteiger partial charge on any atom is 0.317 e. The monoisotopic (exact) mass is 340 g/mol. The number of thiazole rings is 1. The predicted molar refractivity (Wildman–Crippen MR) is 96.0 cm³/mol. The van der Waals surface area contributed by atoms with Gasteiger partial charge < -0.3 is 10.2 Å². The number of hydrogen-bond acceptors (Lipinski definition) is 4. The summed E-state index contributed by atoms with van der Waals surface area (Å²) in [5.41, 5.74) is 3.62. The van der Waals surface area contributed by atoms with Crippen molar-refractivity contribution in [3.8, 4) is 0 Å². The molecule has 6 heteroatoms. The largest absolute Gasteiger partial charge is 0.331 e. The number of nitrogens with one attached hydrogen (secondary N) is 1. The van der Waals surface area contributed by atoms with E-state index in [4.69, 9.17) is 4.99 Å². The molecule has 0 atom stereocenters. The van der Waals surface area contributed by atoms with Crippen LogP contribution in [-0.2, 0) is 12.0 Å². The van der Waals surface area contributed by atoms with Crippen molar-refractivity contribution in [1.29, 1.82) is 0 Å². The summed E-state index contributed by atoms with van der Waals surface area (Å²) in [7, 11) is 0. The Morgan fingerprint density at radius 3 is 2.88 bits per heavy atom. The highest BCUT2D eigenvalue weighted by Crippen LogP contribution is 2.46. The molecule has 2 aromatic rings. The first-order chi connectivity index (χ1) is 11.7. The molecule has 0 saturated carbocycles. The Hall–Kier alpha value is -2.21. The van der Waals surface area contributed by atoms with E-state index in [0.717, 1.165) is 36.6 Å². The minimum absolute atomic E-state index is 0.000855. The normalized spacial score (nSPS) is 18.4. The predicted octanol–water partition coefficient (Wildman–Crippen LogP) is 3.49. The number of hydrogen-bond donors (Lipinski definition) is 1. The zero-order valence-electron chi connectivity index (χ0n) is 13.7. The zero-order valence-corrected chi connectivity index (χ0v) is 14.5. The average Bonchev–Trinajstić information content (AvgIpc) is 3.21. The molecular weight excluding hydrogens is 320 g/mol. The lowest BCUT2D eigenvalue weighted by atomic mass is 9.71. The van der Waals surface area contributed by atoms with Gasteiger partial charge in [0.15, 0.2) is 0 Å². The fourth-order valence-electron chi connectivity index (χ4n) is 3.78. The molecule has 2 amide bonds. The number of aliphatic imine (C=N–C) groups is 1. The Balaban J connectivity index is 1.42. The van der Waals surface area contributed by atoms with E-state index in [1.54, 1.807) is 17.5 Å². The molecule has 1 saturated heterocycles. The molecule has 0 unspecified atom stereocenters. The number of fused-ring (bicyclic) bond motifs is 2. The number of para-hydroxylation sites is 1. The molecule has 1 aromatic heterocycles. The van der Waals surface area contributed by atoms with E-state index in [-0.39, 0.29) is 11.4 Å². The van der Waals surface area contributed by atoms with Gasteiger partial charge in [0.1, 0.15) is 5.01 Å². The van der Waals surface area contributed by atoms with Crippen molar-refractivity contribution < 1.29 is 4.79 Å². The first kappa shape index (κ1) is 15.3. The van der Waals surface area contributed by atoms with Crippen LogP contribution in [0.1, 0.15) is 30.3 Å². The van der Waals surface area contributed by atoms with Crippen LogP contribution in [0.4, 0.5) is 10.5 Å². The Bertz CT molecular complexity index is 776. The molecule has 124 valence electrons. The van der Waals surface area contributed by atoms with Crippen LogP contribution in [-0.4, -0.2) is 34.7 Å². The van der Waals surface area contributed by atoms with Gasteiger partial charge in [0, 0.05) is 35.8 Å². The van der Waals surface area contributed by atoms with Gasteiger partial charge >= 0.3 is 6.03 Å². The van der Waals surface area contributed by atoms with Crippen LogP contribution in [0.15, 0.2) is 40.8 Å². The fourth-order valence-corrected chi connectivity index (χ4v) is 4.34. The third-order valence-corrected chi connectivity index (χ3v) is 5.96. The Morgan fingerprint density at radius 2 is 2.12 bits per heavy atom. The smallest absolute Gasteiger partial charge is 0.317 e. The molecule has 0 radical (unpaired) electrons. The highest BCUT2D eigenvalue weighted by Gasteiger charge is 2.44. The molecule has 2 aliphatic rings. The number of benzene rings is 1. The number of amides is 2. The lowest BCUT2D eigenvalue weighted by Gasteiger charge is -2.40. The first-order valence-electron chi connectivity index (χ1n) is 8.25. The summed E-state index contributed by atoms with van der Waals surface area (Å²) in [6.07, 6.45) is 3.63. The van der Waals surface area contributed by atoms with Crippen molar-refractivity contribution in [3.05, 3.63) is 46.4 Å². The summed E-state index contributed by atoms with van der Waals surface area (Å²) in [5, 5.41) is 5.83. The molecule has 3 heterocycles. The highest BCUT2D eigenvalue weighted by atomic mass is 32.1. The van der Waals surface area contributed by atoms with Gasteiger partial charge in [-0.2, -0.15) is 0 Å². The van der Waals surface area contributed by atoms with Gasteiger partial charge in [-0.05, 0) is 31.4 Å². The van der Waals surface area contributed by atoms with Crippen molar-refractivity contribution in [2.75, 3.05) is 13.1 Å². The quantitative estimate of drug-likeness (QED) is 0.910. The van der Waals surface area contributed by atoms with Gasteiger partial charge in [0.25, 0.3) is 0 Å². The maximum absolute atomic E-state index is 12.4. The number of urea groups is 1. The molecule has 1 N–H and O–H groups in total. The van der Waals surface area contributed by atoms with Crippen LogP contribution in [0.5, 0.6) is 0 Å². The van der Waals surface area contributed by atoms with E-state index in [1.165, 1.54) is 11.3 Å². The van der Waals surface area contributed by atoms with E-state index in [1.807, 2.05) is 16.3 Å². The van der Waals surface area contributed by atoms with Gasteiger partial charge in [-0.3, -0.25) is 4.99 Å². The van der Waals surface area contributed by atoms with Crippen molar-refractivity contribution in [2.45, 2.75) is 31.7 Å². The number of nitrogens with zero attached hydrogens (tertiary/aromatic N) is 3. The SMILES string of the molecule is CC1=Nc2ccccc2C12CCN(C(=O)NCc1nccs1)CC2. The van der Waals surface area contributed by atoms with Gasteiger partial charge in [-0.1, -0.05) is 18.2 Å². The Kier molecular flexibility index (Phi) is 3.84. The van der Waals surface area contributed by atoms with Crippen LogP contribution in [0.25, 0.3) is 0 Å². The standard InChI is InChI=1S/C18H20N4OS/c1-13-18(14-4-2-3-5-15(14)21-13)6-9-22(10-7-18)17(23)20-12-16-19-8-11-24-16/h2-5,8,11H,6-7,9-10,12H2,1H3,(H,20,23). The minimum Gasteiger partial charge on any atom is -0.331 e. The molecule has 1 aromatic carbocycles. The molecule has 0 bridgehead atoms. The van der Waals surface area contributed by atoms with Crippen LogP contribution in [0.2, 0.25) is 0 Å². The highest BCUT2D eigenvalue weighted by molar-refractivity contribution is 7.09. The summed E-state index contributed by atoms with van der Waals surface area (Å²) >= 11 is 1.56. The summed E-state index contributed by atoms with van der Waals surface area (Å²) in [5.74, 6) is 0. The summed E-state index contributed by atoms with van der Waals surface area (Å²) in [6, 6.07) is 8.40. The summed E-state index contributed by atoms with van der Waals surface area (Å²) in [4.78, 5) is 23.3. The molecule has 1 fully saturated rings. The van der Waals surface area contributed by atoms with Crippen LogP contribution >= 0.6 is 11.3 Å². The maximum atomic E-state index is 12.4. The number of aromatic nitrogens is 1. The van der Waals surface area contributed by atoms with Crippen LogP contribution in [0, 0.1) is 0 Å². The lowest BCUT2D eigenvalue weighted by molar-refractivity contribution is 0.173. The van der Waals surface area contributed by atoms with E-state index < -0.39 is 0 Å². The summed E-state index contributed by atoms with van der Waals surface area (Å²) < 4.78 is 0. The molecule has 2 aliphatic heterocycles. The van der Waals surface area contributed by atoms with Gasteiger partial charge in [0.2, 0.25) is 0 Å². The minimum atomic E-state index is 0.000855. The molecule has 0 aliphatic carbocycles. The second kappa shape index (κ2) is 6.02. The van der Waals surface area contributed by atoms with Gasteiger partial charge in [0.05, 0.1) is 12.2 Å². The van der Waals surface area contributed by atoms with Crippen molar-refractivity contribution in [3.63, 3.8) is 0 Å². The van der Waals surface area contributed by atoms with E-state index >= 15 is 0 Å². The lowest BCUT2D eigenvalue weighted by Crippen LogP contribution is -2.50. The van der Waals surface area contributed by atoms with E-state index in [0.29, 0.717) is 6.54 Å². The van der Waals surface area contributed by atoms with Gasteiger partial charge in [-0.15, -0.1) is 11.3 Å². The van der Waals surface area contributed by atoms with Crippen LogP contribution < -0.4 is 5.32 Å². The summed E-state index contributed by atoms with van der Waals surface area (Å²) in [6.45, 7) is 4.13. The molecule has 1 spiro atoms. The number of carbonyl (C=O) groups is 1. The van der Waals surface area contributed by atoms with Crippen LogP contribution in [0.3, 0.4) is 0 Å². The molecule has 24 heavy (non-hydrogen) atoms. The molecule has 4 rings (SSSR count). The average molecular weight is 340 g/mol. The molecule has 5 nitrogen and oxygen atoms in total. The van der Waals surface area contributed by atoms with Crippen molar-refractivity contribution >= 4 is 28.8 Å². The van der Waals surface area contributed by atoms with Crippen molar-refractivity contribution in [1.82, 2.24) is 15.2 Å². The third-order valence-electron chi connectivity index (χ3n) is 5.18.